The smallest absolute Gasteiger partial charge is 0.224 e. The fraction of sp³-hybridized carbons (Fsp3) is 0.588. The minimum absolute atomic E-state index is 0.0405. The van der Waals surface area contributed by atoms with Crippen molar-refractivity contribution in [3.8, 4) is 0 Å². The summed E-state index contributed by atoms with van der Waals surface area (Å²) in [6.45, 7) is 2.54. The third-order valence-electron chi connectivity index (χ3n) is 4.66. The first-order valence-corrected chi connectivity index (χ1v) is 8.00. The summed E-state index contributed by atoms with van der Waals surface area (Å²) in [6, 6.07) is 3.87. The molecule has 1 fully saturated rings. The Labute approximate surface area is 137 Å². The summed E-state index contributed by atoms with van der Waals surface area (Å²) in [5.41, 5.74) is 0.399. The molecule has 0 aliphatic carbocycles. The van der Waals surface area contributed by atoms with Gasteiger partial charge in [-0.1, -0.05) is 0 Å². The van der Waals surface area contributed by atoms with Gasteiger partial charge in [-0.25, -0.2) is 0 Å². The SMILES string of the molecule is CC(=O)N1CCCC1(CO)CC(=O)N(C)CCc1ccncc1. The number of aliphatic hydroxyl groups excluding tert-OH is 1. The van der Waals surface area contributed by atoms with Gasteiger partial charge in [0.05, 0.1) is 18.6 Å². The summed E-state index contributed by atoms with van der Waals surface area (Å²) < 4.78 is 0. The number of pyridine rings is 1. The fourth-order valence-corrected chi connectivity index (χ4v) is 3.22. The van der Waals surface area contributed by atoms with E-state index in [-0.39, 0.29) is 24.8 Å². The molecule has 2 heterocycles. The number of amides is 2. The van der Waals surface area contributed by atoms with Gasteiger partial charge < -0.3 is 14.9 Å². The van der Waals surface area contributed by atoms with E-state index in [9.17, 15) is 14.7 Å². The first kappa shape index (κ1) is 17.4. The Morgan fingerprint density at radius 1 is 1.39 bits per heavy atom. The summed E-state index contributed by atoms with van der Waals surface area (Å²) in [5.74, 6) is -0.120. The predicted molar refractivity (Wildman–Crippen MR) is 86.6 cm³/mol. The van der Waals surface area contributed by atoms with Crippen LogP contribution in [0.1, 0.15) is 31.7 Å². The summed E-state index contributed by atoms with van der Waals surface area (Å²) in [5, 5.41) is 9.80. The molecule has 23 heavy (non-hydrogen) atoms. The van der Waals surface area contributed by atoms with E-state index >= 15 is 0 Å². The van der Waals surface area contributed by atoms with Crippen molar-refractivity contribution in [1.82, 2.24) is 14.8 Å². The minimum atomic E-state index is -0.728. The van der Waals surface area contributed by atoms with Crippen LogP contribution in [0.5, 0.6) is 0 Å². The Morgan fingerprint density at radius 2 is 2.09 bits per heavy atom. The van der Waals surface area contributed by atoms with Gasteiger partial charge in [-0.15, -0.1) is 0 Å². The van der Waals surface area contributed by atoms with Gasteiger partial charge in [-0.3, -0.25) is 14.6 Å². The van der Waals surface area contributed by atoms with Crippen LogP contribution in [-0.2, 0) is 16.0 Å². The fourth-order valence-electron chi connectivity index (χ4n) is 3.22. The third-order valence-corrected chi connectivity index (χ3v) is 4.66. The Balaban J connectivity index is 1.95. The summed E-state index contributed by atoms with van der Waals surface area (Å²) in [4.78, 5) is 31.6. The summed E-state index contributed by atoms with van der Waals surface area (Å²) in [6.07, 6.45) is 5.91. The van der Waals surface area contributed by atoms with Crippen LogP contribution >= 0.6 is 0 Å². The van der Waals surface area contributed by atoms with E-state index in [2.05, 4.69) is 4.98 Å². The molecule has 126 valence electrons. The number of rotatable bonds is 6. The van der Waals surface area contributed by atoms with E-state index in [1.54, 1.807) is 29.2 Å². The molecule has 0 bridgehead atoms. The van der Waals surface area contributed by atoms with Crippen LogP contribution in [-0.4, -0.2) is 64.0 Å². The molecule has 2 rings (SSSR count). The molecule has 1 aromatic heterocycles. The lowest BCUT2D eigenvalue weighted by Crippen LogP contribution is -2.52. The van der Waals surface area contributed by atoms with Crippen molar-refractivity contribution in [2.45, 2.75) is 38.1 Å². The zero-order valence-corrected chi connectivity index (χ0v) is 13.9. The molecule has 2 amide bonds. The molecule has 1 N–H and O–H groups in total. The van der Waals surface area contributed by atoms with Crippen molar-refractivity contribution >= 4 is 11.8 Å². The highest BCUT2D eigenvalue weighted by Gasteiger charge is 2.43. The quantitative estimate of drug-likeness (QED) is 0.843. The van der Waals surface area contributed by atoms with Crippen molar-refractivity contribution in [2.75, 3.05) is 26.7 Å². The highest BCUT2D eigenvalue weighted by atomic mass is 16.3. The summed E-state index contributed by atoms with van der Waals surface area (Å²) >= 11 is 0. The molecular formula is C17H25N3O3. The van der Waals surface area contributed by atoms with Gasteiger partial charge in [0.1, 0.15) is 0 Å². The maximum absolute atomic E-state index is 12.5. The average molecular weight is 319 g/mol. The number of carbonyl (C=O) groups excluding carboxylic acids is 2. The van der Waals surface area contributed by atoms with E-state index < -0.39 is 5.54 Å². The van der Waals surface area contributed by atoms with Crippen LogP contribution in [0, 0.1) is 0 Å². The van der Waals surface area contributed by atoms with E-state index in [4.69, 9.17) is 0 Å². The maximum Gasteiger partial charge on any atom is 0.224 e. The maximum atomic E-state index is 12.5. The van der Waals surface area contributed by atoms with Crippen molar-refractivity contribution in [1.29, 1.82) is 0 Å². The molecule has 6 nitrogen and oxygen atoms in total. The Hall–Kier alpha value is -1.95. The molecule has 1 saturated heterocycles. The molecule has 1 aromatic rings. The second kappa shape index (κ2) is 7.55. The molecule has 1 aliphatic rings. The topological polar surface area (TPSA) is 73.7 Å². The normalized spacial score (nSPS) is 20.6. The zero-order valence-electron chi connectivity index (χ0n) is 13.9. The molecule has 1 atom stereocenters. The van der Waals surface area contributed by atoms with E-state index in [1.165, 1.54) is 6.92 Å². The van der Waals surface area contributed by atoms with Crippen molar-refractivity contribution in [3.63, 3.8) is 0 Å². The van der Waals surface area contributed by atoms with Crippen molar-refractivity contribution < 1.29 is 14.7 Å². The van der Waals surface area contributed by atoms with Crippen LogP contribution < -0.4 is 0 Å². The zero-order chi connectivity index (χ0) is 16.9. The van der Waals surface area contributed by atoms with Crippen molar-refractivity contribution in [2.24, 2.45) is 0 Å². The van der Waals surface area contributed by atoms with Gasteiger partial charge in [-0.05, 0) is 37.0 Å². The lowest BCUT2D eigenvalue weighted by atomic mass is 9.92. The van der Waals surface area contributed by atoms with Crippen LogP contribution in [0.25, 0.3) is 0 Å². The number of nitrogens with zero attached hydrogens (tertiary/aromatic N) is 3. The second-order valence-electron chi connectivity index (χ2n) is 6.25. The number of carbonyl (C=O) groups is 2. The van der Waals surface area contributed by atoms with Crippen molar-refractivity contribution in [3.05, 3.63) is 30.1 Å². The number of aromatic nitrogens is 1. The molecule has 0 spiro atoms. The third kappa shape index (κ3) is 4.07. The predicted octanol–water partition coefficient (Wildman–Crippen LogP) is 0.846. The number of likely N-dealkylation sites (tertiary alicyclic amines) is 1. The lowest BCUT2D eigenvalue weighted by Gasteiger charge is -2.37. The molecule has 0 radical (unpaired) electrons. The van der Waals surface area contributed by atoms with Gasteiger partial charge in [0.15, 0.2) is 0 Å². The minimum Gasteiger partial charge on any atom is -0.394 e. The van der Waals surface area contributed by atoms with Crippen LogP contribution in [0.15, 0.2) is 24.5 Å². The molecule has 1 aliphatic heterocycles. The van der Waals surface area contributed by atoms with E-state index in [0.29, 0.717) is 19.5 Å². The molecule has 6 heteroatoms. The van der Waals surface area contributed by atoms with Crippen LogP contribution in [0.3, 0.4) is 0 Å². The summed E-state index contributed by atoms with van der Waals surface area (Å²) in [7, 11) is 1.77. The largest absolute Gasteiger partial charge is 0.394 e. The van der Waals surface area contributed by atoms with Gasteiger partial charge >= 0.3 is 0 Å². The Morgan fingerprint density at radius 3 is 2.70 bits per heavy atom. The first-order chi connectivity index (χ1) is 11.0. The second-order valence-corrected chi connectivity index (χ2v) is 6.25. The van der Waals surface area contributed by atoms with Crippen LogP contribution in [0.2, 0.25) is 0 Å². The molecule has 1 unspecified atom stereocenters. The van der Waals surface area contributed by atoms with E-state index in [0.717, 1.165) is 18.4 Å². The van der Waals surface area contributed by atoms with Crippen LogP contribution in [0.4, 0.5) is 0 Å². The number of hydrogen-bond donors (Lipinski definition) is 1. The average Bonchev–Trinajstić information content (AvgIpc) is 2.97. The molecule has 0 aromatic carbocycles. The van der Waals surface area contributed by atoms with E-state index in [1.807, 2.05) is 12.1 Å². The van der Waals surface area contributed by atoms with Gasteiger partial charge in [0.2, 0.25) is 11.8 Å². The monoisotopic (exact) mass is 319 g/mol. The standard InChI is InChI=1S/C17H25N3O3/c1-14(22)20-10-3-7-17(20,13-21)12-16(23)19(2)11-6-15-4-8-18-9-5-15/h4-5,8-9,21H,3,6-7,10-13H2,1-2H3. The highest BCUT2D eigenvalue weighted by Crippen LogP contribution is 2.32. The highest BCUT2D eigenvalue weighted by molar-refractivity contribution is 5.80. The molecular weight excluding hydrogens is 294 g/mol. The van der Waals surface area contributed by atoms with Gasteiger partial charge in [-0.2, -0.15) is 0 Å². The van der Waals surface area contributed by atoms with Gasteiger partial charge in [0, 0.05) is 39.5 Å². The number of likely N-dealkylation sites (N-methyl/N-ethyl adjacent to an activating group) is 1. The van der Waals surface area contributed by atoms with Gasteiger partial charge in [0.25, 0.3) is 0 Å². The first-order valence-electron chi connectivity index (χ1n) is 8.00. The Bertz CT molecular complexity index is 549. The number of aliphatic hydroxyl groups is 1. The number of hydrogen-bond acceptors (Lipinski definition) is 4. The molecule has 0 saturated carbocycles. The lowest BCUT2D eigenvalue weighted by molar-refractivity contribution is -0.140. The Kier molecular flexibility index (Phi) is 5.71.